The van der Waals surface area contributed by atoms with Gasteiger partial charge in [0.2, 0.25) is 0 Å². The molecule has 2 aromatic rings. The normalized spacial score (nSPS) is 23.9. The van der Waals surface area contributed by atoms with Gasteiger partial charge in [0, 0.05) is 31.1 Å². The molecular formula is C14H20N4. The van der Waals surface area contributed by atoms with E-state index >= 15 is 0 Å². The smallest absolute Gasteiger partial charge is 0.0841 e. The molecule has 1 fully saturated rings. The quantitative estimate of drug-likeness (QED) is 0.858. The maximum Gasteiger partial charge on any atom is 0.0841 e. The number of nitrogens with one attached hydrogen (secondary N) is 2. The lowest BCUT2D eigenvalue weighted by Gasteiger charge is -2.24. The van der Waals surface area contributed by atoms with E-state index in [1.165, 1.54) is 17.3 Å². The minimum Gasteiger partial charge on any atom is -0.315 e. The van der Waals surface area contributed by atoms with Crippen LogP contribution in [-0.2, 0) is 13.6 Å². The fourth-order valence-corrected chi connectivity index (χ4v) is 2.68. The zero-order chi connectivity index (χ0) is 12.6. The van der Waals surface area contributed by atoms with Gasteiger partial charge in [-0.2, -0.15) is 5.10 Å². The SMILES string of the molecule is Cn1nc(CNC2(C)CCNC2)c2ccccc21. The van der Waals surface area contributed by atoms with Crippen LogP contribution < -0.4 is 10.6 Å². The summed E-state index contributed by atoms with van der Waals surface area (Å²) < 4.78 is 1.96. The van der Waals surface area contributed by atoms with Crippen LogP contribution in [0, 0.1) is 0 Å². The second-order valence-corrected chi connectivity index (χ2v) is 5.43. The van der Waals surface area contributed by atoms with E-state index in [1.54, 1.807) is 0 Å². The van der Waals surface area contributed by atoms with E-state index in [1.807, 2.05) is 11.7 Å². The van der Waals surface area contributed by atoms with Crippen molar-refractivity contribution in [2.24, 2.45) is 7.05 Å². The second kappa shape index (κ2) is 4.37. The highest BCUT2D eigenvalue weighted by Crippen LogP contribution is 2.19. The maximum absolute atomic E-state index is 4.62. The molecule has 1 aromatic carbocycles. The van der Waals surface area contributed by atoms with Gasteiger partial charge in [0.1, 0.15) is 0 Å². The van der Waals surface area contributed by atoms with Crippen molar-refractivity contribution in [3.8, 4) is 0 Å². The number of hydrogen-bond donors (Lipinski definition) is 2. The lowest BCUT2D eigenvalue weighted by Crippen LogP contribution is -2.43. The summed E-state index contributed by atoms with van der Waals surface area (Å²) >= 11 is 0. The Labute approximate surface area is 107 Å². The van der Waals surface area contributed by atoms with Gasteiger partial charge in [-0.25, -0.2) is 0 Å². The van der Waals surface area contributed by atoms with Gasteiger partial charge in [0.25, 0.3) is 0 Å². The molecule has 1 aromatic heterocycles. The summed E-state index contributed by atoms with van der Waals surface area (Å²) in [6, 6.07) is 8.40. The molecule has 96 valence electrons. The highest BCUT2D eigenvalue weighted by molar-refractivity contribution is 5.81. The van der Waals surface area contributed by atoms with Gasteiger partial charge in [0.05, 0.1) is 11.2 Å². The summed E-state index contributed by atoms with van der Waals surface area (Å²) in [5, 5.41) is 12.9. The van der Waals surface area contributed by atoms with Gasteiger partial charge in [-0.15, -0.1) is 0 Å². The topological polar surface area (TPSA) is 41.9 Å². The van der Waals surface area contributed by atoms with Crippen LogP contribution in [-0.4, -0.2) is 28.4 Å². The molecule has 2 N–H and O–H groups in total. The molecule has 0 amide bonds. The van der Waals surface area contributed by atoms with Gasteiger partial charge >= 0.3 is 0 Å². The van der Waals surface area contributed by atoms with Gasteiger partial charge in [-0.3, -0.25) is 4.68 Å². The van der Waals surface area contributed by atoms with E-state index in [-0.39, 0.29) is 5.54 Å². The molecular weight excluding hydrogens is 224 g/mol. The van der Waals surface area contributed by atoms with Crippen molar-refractivity contribution in [2.75, 3.05) is 13.1 Å². The van der Waals surface area contributed by atoms with E-state index in [2.05, 4.69) is 46.9 Å². The van der Waals surface area contributed by atoms with Crippen LogP contribution in [0.3, 0.4) is 0 Å². The Morgan fingerprint density at radius 2 is 2.28 bits per heavy atom. The molecule has 0 bridgehead atoms. The molecule has 2 heterocycles. The Hall–Kier alpha value is -1.39. The average Bonchev–Trinajstić information content (AvgIpc) is 2.94. The second-order valence-electron chi connectivity index (χ2n) is 5.43. The molecule has 1 unspecified atom stereocenters. The van der Waals surface area contributed by atoms with Gasteiger partial charge < -0.3 is 10.6 Å². The van der Waals surface area contributed by atoms with E-state index < -0.39 is 0 Å². The van der Waals surface area contributed by atoms with Gasteiger partial charge in [0.15, 0.2) is 0 Å². The third-order valence-electron chi connectivity index (χ3n) is 3.89. The predicted octanol–water partition coefficient (Wildman–Crippen LogP) is 1.41. The third-order valence-corrected chi connectivity index (χ3v) is 3.89. The van der Waals surface area contributed by atoms with E-state index in [9.17, 15) is 0 Å². The number of aromatic nitrogens is 2. The molecule has 1 aliphatic heterocycles. The molecule has 18 heavy (non-hydrogen) atoms. The molecule has 4 heteroatoms. The maximum atomic E-state index is 4.62. The Morgan fingerprint density at radius 1 is 1.44 bits per heavy atom. The van der Waals surface area contributed by atoms with Crippen molar-refractivity contribution >= 4 is 10.9 Å². The Bertz CT molecular complexity index is 552. The summed E-state index contributed by atoms with van der Waals surface area (Å²) in [5.74, 6) is 0. The fourth-order valence-electron chi connectivity index (χ4n) is 2.68. The molecule has 0 saturated carbocycles. The van der Waals surface area contributed by atoms with Crippen molar-refractivity contribution in [1.82, 2.24) is 20.4 Å². The Morgan fingerprint density at radius 3 is 3.06 bits per heavy atom. The molecule has 4 nitrogen and oxygen atoms in total. The first kappa shape index (κ1) is 11.7. The number of benzene rings is 1. The van der Waals surface area contributed by atoms with Crippen LogP contribution in [0.5, 0.6) is 0 Å². The lowest BCUT2D eigenvalue weighted by molar-refractivity contribution is 0.383. The van der Waals surface area contributed by atoms with Crippen molar-refractivity contribution in [3.05, 3.63) is 30.0 Å². The first-order valence-corrected chi connectivity index (χ1v) is 6.54. The lowest BCUT2D eigenvalue weighted by atomic mass is 10.0. The van der Waals surface area contributed by atoms with Crippen LogP contribution >= 0.6 is 0 Å². The monoisotopic (exact) mass is 244 g/mol. The first-order valence-electron chi connectivity index (χ1n) is 6.54. The molecule has 1 saturated heterocycles. The Balaban J connectivity index is 1.82. The average molecular weight is 244 g/mol. The van der Waals surface area contributed by atoms with Crippen molar-refractivity contribution < 1.29 is 0 Å². The van der Waals surface area contributed by atoms with Gasteiger partial charge in [-0.1, -0.05) is 18.2 Å². The number of nitrogens with zero attached hydrogens (tertiary/aromatic N) is 2. The molecule has 0 aliphatic carbocycles. The largest absolute Gasteiger partial charge is 0.315 e. The van der Waals surface area contributed by atoms with Gasteiger partial charge in [-0.05, 0) is 26.0 Å². The van der Waals surface area contributed by atoms with E-state index in [0.717, 1.165) is 25.3 Å². The molecule has 1 atom stereocenters. The molecule has 0 radical (unpaired) electrons. The molecule has 0 spiro atoms. The van der Waals surface area contributed by atoms with E-state index in [4.69, 9.17) is 0 Å². The van der Waals surface area contributed by atoms with Crippen molar-refractivity contribution in [3.63, 3.8) is 0 Å². The summed E-state index contributed by atoms with van der Waals surface area (Å²) in [5.41, 5.74) is 2.55. The third kappa shape index (κ3) is 2.02. The van der Waals surface area contributed by atoms with Crippen molar-refractivity contribution in [2.45, 2.75) is 25.4 Å². The molecule has 3 rings (SSSR count). The van der Waals surface area contributed by atoms with Crippen molar-refractivity contribution in [1.29, 1.82) is 0 Å². The van der Waals surface area contributed by atoms with Crippen LogP contribution in [0.4, 0.5) is 0 Å². The van der Waals surface area contributed by atoms with Crippen LogP contribution in [0.15, 0.2) is 24.3 Å². The number of para-hydroxylation sites is 1. The summed E-state index contributed by atoms with van der Waals surface area (Å²) in [4.78, 5) is 0. The standard InChI is InChI=1S/C14H20N4/c1-14(7-8-15-10-14)16-9-12-11-5-3-4-6-13(11)18(2)17-12/h3-6,15-16H,7-10H2,1-2H3. The highest BCUT2D eigenvalue weighted by atomic mass is 15.3. The zero-order valence-corrected chi connectivity index (χ0v) is 11.0. The van der Waals surface area contributed by atoms with Crippen LogP contribution in [0.2, 0.25) is 0 Å². The number of fused-ring (bicyclic) bond motifs is 1. The minimum atomic E-state index is 0.207. The number of hydrogen-bond acceptors (Lipinski definition) is 3. The first-order chi connectivity index (χ1) is 8.68. The van der Waals surface area contributed by atoms with Crippen LogP contribution in [0.25, 0.3) is 10.9 Å². The highest BCUT2D eigenvalue weighted by Gasteiger charge is 2.27. The minimum absolute atomic E-state index is 0.207. The summed E-state index contributed by atoms with van der Waals surface area (Å²) in [7, 11) is 2.00. The van der Waals surface area contributed by atoms with E-state index in [0.29, 0.717) is 0 Å². The van der Waals surface area contributed by atoms with Crippen LogP contribution in [0.1, 0.15) is 19.0 Å². The summed E-state index contributed by atoms with van der Waals surface area (Å²) in [6.45, 7) is 5.25. The summed E-state index contributed by atoms with van der Waals surface area (Å²) in [6.07, 6.45) is 1.18. The fraction of sp³-hybridized carbons (Fsp3) is 0.500. The Kier molecular flexibility index (Phi) is 2.84. The molecule has 1 aliphatic rings. The zero-order valence-electron chi connectivity index (χ0n) is 11.0. The number of rotatable bonds is 3. The predicted molar refractivity (Wildman–Crippen MR) is 73.4 cm³/mol. The number of aryl methyl sites for hydroxylation is 1.